The smallest absolute Gasteiger partial charge is 0.397 e. The fourth-order valence-electron chi connectivity index (χ4n) is 4.21. The quantitative estimate of drug-likeness (QED) is 0.0514. The van der Waals surface area contributed by atoms with Gasteiger partial charge in [0.2, 0.25) is 31.2 Å². The Bertz CT molecular complexity index is 1410. The number of hydrogen-bond acceptors (Lipinski definition) is 23. The molecule has 29 heteroatoms. The zero-order chi connectivity index (χ0) is 33.8. The van der Waals surface area contributed by atoms with E-state index in [1.165, 1.54) is 6.92 Å². The molecule has 0 saturated carbocycles. The average Bonchev–Trinajstić information content (AvgIpc) is 2.83. The predicted molar refractivity (Wildman–Crippen MR) is 125 cm³/mol. The van der Waals surface area contributed by atoms with E-state index in [1.807, 2.05) is 0 Å². The van der Waals surface area contributed by atoms with Gasteiger partial charge in [0.25, 0.3) is 0 Å². The molecule has 2 aliphatic rings. The van der Waals surface area contributed by atoms with Crippen molar-refractivity contribution in [3.63, 3.8) is 0 Å². The first kappa shape index (κ1) is 39.5. The van der Waals surface area contributed by atoms with Gasteiger partial charge in [-0.1, -0.05) is 13.8 Å². The molecule has 2 heterocycles. The lowest BCUT2D eigenvalue weighted by molar-refractivity contribution is -0.379. The first-order chi connectivity index (χ1) is 19.9. The van der Waals surface area contributed by atoms with Gasteiger partial charge < -0.3 is 37.2 Å². The molecule has 0 aromatic carbocycles. The predicted octanol–water partition coefficient (Wildman–Crippen LogP) is -4.16. The van der Waals surface area contributed by atoms with Crippen LogP contribution in [0.4, 0.5) is 0 Å². The van der Waals surface area contributed by atoms with Crippen LogP contribution < -0.4 is 0 Å². The van der Waals surface area contributed by atoms with Gasteiger partial charge >= 0.3 is 10.4 Å². The van der Waals surface area contributed by atoms with E-state index in [0.717, 1.165) is 14.0 Å². The minimum absolute atomic E-state index is 0.943. The lowest BCUT2D eigenvalue weighted by Gasteiger charge is -2.48. The molecule has 24 nitrogen and oxygen atoms in total. The Morgan fingerprint density at radius 2 is 1.20 bits per heavy atom. The fraction of sp³-hybridized carbons (Fsp3) is 1.00. The zero-order valence-corrected chi connectivity index (χ0v) is 26.1. The van der Waals surface area contributed by atoms with Crippen molar-refractivity contribution in [2.75, 3.05) is 20.3 Å². The largest absolute Gasteiger partial charge is 0.748 e. The highest BCUT2D eigenvalue weighted by molar-refractivity contribution is 7.81. The Morgan fingerprint density at radius 3 is 1.64 bits per heavy atom. The molecule has 0 aromatic heterocycles. The van der Waals surface area contributed by atoms with E-state index in [1.54, 1.807) is 0 Å². The summed E-state index contributed by atoms with van der Waals surface area (Å²) in [6.45, 7) is -0.351. The first-order valence-electron chi connectivity index (χ1n) is 11.3. The van der Waals surface area contributed by atoms with Crippen molar-refractivity contribution in [3.05, 3.63) is 0 Å². The van der Waals surface area contributed by atoms with Crippen molar-refractivity contribution >= 4 is 53.0 Å². The Labute approximate surface area is 253 Å². The summed E-state index contributed by atoms with van der Waals surface area (Å²) >= 11 is -3.28. The standard InChI is InChI=1S/C15H28O24S5/c1-6-10(8(4-31-41(18,19)20)33-14(30-3)12(6)36-39-40(16)17)35-15-13(38-44(27,28)29)7(2)11(37-43(24,25)26)9(34-15)5-32-42(21,22)23/h6-15H,4-5H2,1-3H3,(H,16,17)(H,18,19,20)(H,21,22,23)(H,24,25,26)(H,27,28,29)/p-4/t6?,7?,8?,9?,10-,11-,12?,13?,14-,15+/m0/s1. The van der Waals surface area contributed by atoms with Crippen LogP contribution in [0, 0.1) is 11.8 Å². The molecule has 0 amide bonds. The molecule has 2 fully saturated rings. The Hall–Kier alpha value is -0.650. The van der Waals surface area contributed by atoms with Gasteiger partial charge in [-0.15, -0.1) is 4.33 Å². The minimum atomic E-state index is -5.71. The van der Waals surface area contributed by atoms with Crippen LogP contribution in [-0.2, 0) is 97.9 Å². The van der Waals surface area contributed by atoms with E-state index in [2.05, 4.69) is 21.1 Å². The third-order valence-electron chi connectivity index (χ3n) is 5.90. The summed E-state index contributed by atoms with van der Waals surface area (Å²) < 4.78 is 197. The van der Waals surface area contributed by atoms with Crippen LogP contribution in [0.25, 0.3) is 0 Å². The Kier molecular flexibility index (Phi) is 13.9. The molecule has 2 aliphatic heterocycles. The lowest BCUT2D eigenvalue weighted by Crippen LogP contribution is -2.62. The summed E-state index contributed by atoms with van der Waals surface area (Å²) in [6.07, 6.45) is -15.3. The van der Waals surface area contributed by atoms with Gasteiger partial charge in [0.05, 0.1) is 19.3 Å². The summed E-state index contributed by atoms with van der Waals surface area (Å²) in [5.41, 5.74) is 0. The second-order valence-corrected chi connectivity index (χ2v) is 13.5. The Balaban J connectivity index is 2.57. The van der Waals surface area contributed by atoms with E-state index in [-0.39, 0.29) is 0 Å². The first-order valence-corrected chi connectivity index (χ1v) is 17.7. The molecule has 2 rings (SSSR count). The van der Waals surface area contributed by atoms with Crippen LogP contribution in [0.2, 0.25) is 0 Å². The average molecular weight is 749 g/mol. The summed E-state index contributed by atoms with van der Waals surface area (Å²) in [6, 6.07) is 0. The highest BCUT2D eigenvalue weighted by atomic mass is 32.3. The highest BCUT2D eigenvalue weighted by Gasteiger charge is 2.53. The van der Waals surface area contributed by atoms with Crippen molar-refractivity contribution in [2.45, 2.75) is 63.1 Å². The molecule has 0 aliphatic carbocycles. The topological polar surface area (TPSA) is 358 Å². The lowest BCUT2D eigenvalue weighted by atomic mass is 9.89. The molecular formula is C15H24O24S5-4. The molecule has 0 spiro atoms. The van der Waals surface area contributed by atoms with Crippen molar-refractivity contribution in [1.29, 1.82) is 0 Å². The van der Waals surface area contributed by atoms with E-state index in [0.29, 0.717) is 0 Å². The molecule has 262 valence electrons. The summed E-state index contributed by atoms with van der Waals surface area (Å²) in [5.74, 6) is -3.03. The van der Waals surface area contributed by atoms with Crippen LogP contribution in [0.15, 0.2) is 0 Å². The molecule has 1 N–H and O–H groups in total. The van der Waals surface area contributed by atoms with E-state index in [9.17, 15) is 60.6 Å². The number of hydrogen-bond donors (Lipinski definition) is 1. The normalized spacial score (nSPS) is 34.9. The number of methoxy groups -OCH3 is 1. The molecule has 0 radical (unpaired) electrons. The molecule has 44 heavy (non-hydrogen) atoms. The van der Waals surface area contributed by atoms with Crippen LogP contribution in [0.5, 0.6) is 0 Å². The molecule has 7 unspecified atom stereocenters. The van der Waals surface area contributed by atoms with Crippen LogP contribution >= 0.6 is 0 Å². The molecule has 0 aromatic rings. The van der Waals surface area contributed by atoms with Crippen molar-refractivity contribution in [2.24, 2.45) is 11.8 Å². The van der Waals surface area contributed by atoms with E-state index < -0.39 is 127 Å². The Morgan fingerprint density at radius 1 is 0.727 bits per heavy atom. The molecular weight excluding hydrogens is 724 g/mol. The van der Waals surface area contributed by atoms with Crippen molar-refractivity contribution < 1.29 is 106 Å². The van der Waals surface area contributed by atoms with Gasteiger partial charge in [-0.25, -0.2) is 38.5 Å². The fourth-order valence-corrected chi connectivity index (χ4v) is 6.08. The summed E-state index contributed by atoms with van der Waals surface area (Å²) in [5, 5.41) is 0. The minimum Gasteiger partial charge on any atom is -0.748 e. The highest BCUT2D eigenvalue weighted by Crippen LogP contribution is 2.38. The molecule has 11 atom stereocenters. The summed E-state index contributed by atoms with van der Waals surface area (Å²) in [7, 11) is -21.0. The van der Waals surface area contributed by atoms with Gasteiger partial charge in [0.15, 0.2) is 18.7 Å². The second kappa shape index (κ2) is 15.5. The van der Waals surface area contributed by atoms with Gasteiger partial charge in [-0.05, 0) is 0 Å². The van der Waals surface area contributed by atoms with Crippen LogP contribution in [-0.4, -0.2) is 130 Å². The SMILES string of the molecule is CO[C@H]1OC(COS(=O)(=O)[O-])[C@@H](O[C@H]2OC(COS(=O)(=O)[O-])[C@@H](OS(=O)(=O)O)C(C)C2OS(=O)(=O)[O-])C(C)C1OOS(=O)[O-]. The van der Waals surface area contributed by atoms with Gasteiger partial charge in [0, 0.05) is 18.9 Å². The second-order valence-electron chi connectivity index (χ2n) is 8.82. The van der Waals surface area contributed by atoms with Crippen molar-refractivity contribution in [3.8, 4) is 0 Å². The zero-order valence-electron chi connectivity index (χ0n) is 22.1. The third-order valence-corrected chi connectivity index (χ3v) is 7.87. The van der Waals surface area contributed by atoms with Gasteiger partial charge in [-0.2, -0.15) is 8.42 Å². The monoisotopic (exact) mass is 748 g/mol. The third kappa shape index (κ3) is 12.9. The maximum absolute atomic E-state index is 11.5. The maximum atomic E-state index is 11.5. The molecule has 2 saturated heterocycles. The maximum Gasteiger partial charge on any atom is 0.397 e. The van der Waals surface area contributed by atoms with Crippen LogP contribution in [0.3, 0.4) is 0 Å². The summed E-state index contributed by atoms with van der Waals surface area (Å²) in [4.78, 5) is 4.75. The van der Waals surface area contributed by atoms with Crippen molar-refractivity contribution in [1.82, 2.24) is 0 Å². The number of rotatable bonds is 16. The van der Waals surface area contributed by atoms with E-state index in [4.69, 9.17) is 23.8 Å². The number of ether oxygens (including phenoxy) is 4. The molecule has 0 bridgehead atoms. The van der Waals surface area contributed by atoms with Gasteiger partial charge in [0.1, 0.15) is 35.8 Å². The van der Waals surface area contributed by atoms with E-state index >= 15 is 0 Å². The van der Waals surface area contributed by atoms with Crippen LogP contribution in [0.1, 0.15) is 13.8 Å². The van der Waals surface area contributed by atoms with Gasteiger partial charge in [-0.3, -0.25) is 17.1 Å².